The summed E-state index contributed by atoms with van der Waals surface area (Å²) in [7, 11) is 3.78. The van der Waals surface area contributed by atoms with E-state index < -0.39 is 0 Å². The summed E-state index contributed by atoms with van der Waals surface area (Å²) in [5, 5.41) is 4.36. The van der Waals surface area contributed by atoms with Gasteiger partial charge in [-0.1, -0.05) is 0 Å². The van der Waals surface area contributed by atoms with Crippen molar-refractivity contribution in [3.8, 4) is 11.3 Å². The van der Waals surface area contributed by atoms with Gasteiger partial charge in [0.1, 0.15) is 0 Å². The molecule has 0 aliphatic rings. The van der Waals surface area contributed by atoms with Crippen LogP contribution in [0.2, 0.25) is 0 Å². The van der Waals surface area contributed by atoms with E-state index in [2.05, 4.69) is 25.0 Å². The normalized spacial score (nSPS) is 11.3. The summed E-state index contributed by atoms with van der Waals surface area (Å²) in [5.74, 6) is 0.901. The van der Waals surface area contributed by atoms with E-state index in [1.54, 1.807) is 29.4 Å². The van der Waals surface area contributed by atoms with Gasteiger partial charge in [0.05, 0.1) is 12.0 Å². The second kappa shape index (κ2) is 5.04. The molecule has 20 heavy (non-hydrogen) atoms. The molecule has 3 rings (SSSR count). The molecule has 0 bridgehead atoms. The highest BCUT2D eigenvalue weighted by Gasteiger charge is 2.08. The molecule has 0 aliphatic heterocycles. The van der Waals surface area contributed by atoms with Crippen LogP contribution in [-0.2, 0) is 0 Å². The molecule has 7 heteroatoms. The Morgan fingerprint density at radius 1 is 1.15 bits per heavy atom. The van der Waals surface area contributed by atoms with Crippen LogP contribution in [0, 0.1) is 0 Å². The van der Waals surface area contributed by atoms with Crippen LogP contribution in [0.1, 0.15) is 0 Å². The fourth-order valence-electron chi connectivity index (χ4n) is 1.75. The molecule has 7 nitrogen and oxygen atoms in total. The summed E-state index contributed by atoms with van der Waals surface area (Å²) in [6, 6.07) is 5.72. The van der Waals surface area contributed by atoms with Crippen molar-refractivity contribution < 1.29 is 0 Å². The highest BCUT2D eigenvalue weighted by molar-refractivity contribution is 5.62. The second-order valence-corrected chi connectivity index (χ2v) is 4.40. The van der Waals surface area contributed by atoms with E-state index >= 15 is 0 Å². The summed E-state index contributed by atoms with van der Waals surface area (Å²) in [6.07, 6.45) is 6.84. The van der Waals surface area contributed by atoms with Gasteiger partial charge in [0, 0.05) is 38.2 Å². The van der Waals surface area contributed by atoms with Crippen molar-refractivity contribution in [2.45, 2.75) is 0 Å². The molecule has 0 N–H and O–H groups in total. The number of pyridine rings is 1. The standard InChI is InChI=1S/C13H13N7/c1-19(2)9-16-12-17-13-15-8-5-11(20(13)18-12)10-3-6-14-7-4-10/h3-9H,1-2H3. The first-order valence-corrected chi connectivity index (χ1v) is 6.07. The van der Waals surface area contributed by atoms with Crippen molar-refractivity contribution >= 4 is 18.1 Å². The predicted octanol–water partition coefficient (Wildman–Crippen LogP) is 1.41. The Morgan fingerprint density at radius 3 is 2.70 bits per heavy atom. The molecule has 0 saturated heterocycles. The van der Waals surface area contributed by atoms with E-state index in [4.69, 9.17) is 0 Å². The van der Waals surface area contributed by atoms with Gasteiger partial charge in [0.15, 0.2) is 0 Å². The van der Waals surface area contributed by atoms with Crippen LogP contribution in [0.4, 0.5) is 5.95 Å². The quantitative estimate of drug-likeness (QED) is 0.530. The third kappa shape index (κ3) is 2.33. The fourth-order valence-corrected chi connectivity index (χ4v) is 1.75. The van der Waals surface area contributed by atoms with Gasteiger partial charge in [-0.05, 0) is 18.2 Å². The van der Waals surface area contributed by atoms with Crippen molar-refractivity contribution in [2.24, 2.45) is 4.99 Å². The lowest BCUT2D eigenvalue weighted by Gasteiger charge is -2.02. The lowest BCUT2D eigenvalue weighted by atomic mass is 10.2. The molecule has 0 spiro atoms. The predicted molar refractivity (Wildman–Crippen MR) is 75.9 cm³/mol. The van der Waals surface area contributed by atoms with Crippen molar-refractivity contribution in [1.82, 2.24) is 29.5 Å². The molecule has 0 aliphatic carbocycles. The van der Waals surface area contributed by atoms with Gasteiger partial charge < -0.3 is 4.90 Å². The molecule has 3 aromatic heterocycles. The van der Waals surface area contributed by atoms with Crippen molar-refractivity contribution in [3.63, 3.8) is 0 Å². The maximum atomic E-state index is 4.36. The monoisotopic (exact) mass is 267 g/mol. The Labute approximate surface area is 115 Å². The van der Waals surface area contributed by atoms with E-state index in [0.717, 1.165) is 11.3 Å². The maximum absolute atomic E-state index is 4.36. The molecule has 0 amide bonds. The average Bonchev–Trinajstić information content (AvgIpc) is 2.89. The smallest absolute Gasteiger partial charge is 0.272 e. The Kier molecular flexibility index (Phi) is 3.08. The lowest BCUT2D eigenvalue weighted by Crippen LogP contribution is -2.07. The summed E-state index contributed by atoms with van der Waals surface area (Å²) < 4.78 is 1.68. The third-order valence-electron chi connectivity index (χ3n) is 2.61. The average molecular weight is 267 g/mol. The van der Waals surface area contributed by atoms with Crippen LogP contribution in [0.15, 0.2) is 41.8 Å². The van der Waals surface area contributed by atoms with Gasteiger partial charge in [-0.15, -0.1) is 5.10 Å². The molecule has 0 radical (unpaired) electrons. The van der Waals surface area contributed by atoms with Crippen molar-refractivity contribution in [3.05, 3.63) is 36.8 Å². The number of hydrogen-bond acceptors (Lipinski definition) is 5. The Morgan fingerprint density at radius 2 is 1.95 bits per heavy atom. The van der Waals surface area contributed by atoms with Gasteiger partial charge in [0.2, 0.25) is 0 Å². The first-order chi connectivity index (χ1) is 9.74. The van der Waals surface area contributed by atoms with E-state index in [9.17, 15) is 0 Å². The zero-order valence-electron chi connectivity index (χ0n) is 11.2. The second-order valence-electron chi connectivity index (χ2n) is 4.40. The number of aliphatic imine (C=N–C) groups is 1. The zero-order valence-corrected chi connectivity index (χ0v) is 11.2. The summed E-state index contributed by atoms with van der Waals surface area (Å²) in [4.78, 5) is 18.5. The molecule has 0 atom stereocenters. The van der Waals surface area contributed by atoms with E-state index in [0.29, 0.717) is 11.7 Å². The van der Waals surface area contributed by atoms with Crippen molar-refractivity contribution in [2.75, 3.05) is 14.1 Å². The largest absolute Gasteiger partial charge is 0.369 e. The topological polar surface area (TPSA) is 71.6 Å². The molecular formula is C13H13N7. The van der Waals surface area contributed by atoms with Crippen LogP contribution in [0.3, 0.4) is 0 Å². The maximum Gasteiger partial charge on any atom is 0.272 e. The number of fused-ring (bicyclic) bond motifs is 1. The number of rotatable bonds is 3. The molecule has 0 unspecified atom stereocenters. The summed E-state index contributed by atoms with van der Waals surface area (Å²) in [6.45, 7) is 0. The van der Waals surface area contributed by atoms with Gasteiger partial charge in [-0.3, -0.25) is 4.98 Å². The van der Waals surface area contributed by atoms with Crippen LogP contribution < -0.4 is 0 Å². The molecular weight excluding hydrogens is 254 g/mol. The zero-order chi connectivity index (χ0) is 13.9. The van der Waals surface area contributed by atoms with Gasteiger partial charge in [0.25, 0.3) is 11.7 Å². The molecule has 100 valence electrons. The van der Waals surface area contributed by atoms with Gasteiger partial charge in [-0.25, -0.2) is 9.98 Å². The lowest BCUT2D eigenvalue weighted by molar-refractivity contribution is 0.642. The first-order valence-electron chi connectivity index (χ1n) is 6.07. The van der Waals surface area contributed by atoms with Crippen LogP contribution in [0.25, 0.3) is 17.0 Å². The molecule has 0 saturated carbocycles. The van der Waals surface area contributed by atoms with Crippen LogP contribution in [0.5, 0.6) is 0 Å². The summed E-state index contributed by atoms with van der Waals surface area (Å²) >= 11 is 0. The number of hydrogen-bond donors (Lipinski definition) is 0. The van der Waals surface area contributed by atoms with Crippen LogP contribution in [-0.4, -0.2) is 49.9 Å². The SMILES string of the molecule is CN(C)C=Nc1nc2nccc(-c3ccncc3)n2n1. The van der Waals surface area contributed by atoms with Crippen LogP contribution >= 0.6 is 0 Å². The highest BCUT2D eigenvalue weighted by Crippen LogP contribution is 2.19. The minimum Gasteiger partial charge on any atom is -0.369 e. The van der Waals surface area contributed by atoms with E-state index in [-0.39, 0.29) is 0 Å². The molecule has 3 heterocycles. The van der Waals surface area contributed by atoms with E-state index in [1.165, 1.54) is 0 Å². The van der Waals surface area contributed by atoms with Gasteiger partial charge >= 0.3 is 0 Å². The number of aromatic nitrogens is 5. The third-order valence-corrected chi connectivity index (χ3v) is 2.61. The fraction of sp³-hybridized carbons (Fsp3) is 0.154. The number of nitrogens with zero attached hydrogens (tertiary/aromatic N) is 7. The Balaban J connectivity index is 2.11. The summed E-state index contributed by atoms with van der Waals surface area (Å²) in [5.41, 5.74) is 1.90. The minimum absolute atomic E-state index is 0.382. The molecule has 0 aromatic carbocycles. The van der Waals surface area contributed by atoms with E-state index in [1.807, 2.05) is 37.2 Å². The molecule has 0 fully saturated rings. The Bertz CT molecular complexity index is 746. The first kappa shape index (κ1) is 12.2. The minimum atomic E-state index is 0.382. The molecule has 3 aromatic rings. The highest BCUT2D eigenvalue weighted by atomic mass is 15.4. The van der Waals surface area contributed by atoms with Crippen molar-refractivity contribution in [1.29, 1.82) is 0 Å². The Hall–Kier alpha value is -2.83. The van der Waals surface area contributed by atoms with Gasteiger partial charge in [-0.2, -0.15) is 9.50 Å².